The number of hydrogen-bond donors (Lipinski definition) is 1. The van der Waals surface area contributed by atoms with Gasteiger partial charge in [-0.05, 0) is 24.1 Å². The van der Waals surface area contributed by atoms with Crippen molar-refractivity contribution < 1.29 is 4.79 Å². The average Bonchev–Trinajstić information content (AvgIpc) is 3.19. The molecule has 1 aliphatic heterocycles. The molecule has 0 aliphatic carbocycles. The summed E-state index contributed by atoms with van der Waals surface area (Å²) >= 11 is 0. The number of nitrogens with zero attached hydrogens (tertiary/aromatic N) is 4. The van der Waals surface area contributed by atoms with E-state index in [0.717, 1.165) is 30.7 Å². The molecule has 1 aliphatic rings. The smallest absolute Gasteiger partial charge is 0.252 e. The number of hydrogen-bond acceptors (Lipinski definition) is 4. The lowest BCUT2D eigenvalue weighted by Gasteiger charge is -2.19. The molecule has 0 radical (unpaired) electrons. The summed E-state index contributed by atoms with van der Waals surface area (Å²) in [6.45, 7) is 2.42. The van der Waals surface area contributed by atoms with Crippen LogP contribution in [-0.4, -0.2) is 40.1 Å². The number of pyridine rings is 1. The fraction of sp³-hybridized carbons (Fsp3) is 0.278. The third kappa shape index (κ3) is 2.60. The van der Waals surface area contributed by atoms with Gasteiger partial charge in [-0.2, -0.15) is 0 Å². The van der Waals surface area contributed by atoms with Gasteiger partial charge >= 0.3 is 0 Å². The fourth-order valence-corrected chi connectivity index (χ4v) is 3.19. The first-order chi connectivity index (χ1) is 11.7. The van der Waals surface area contributed by atoms with Crippen molar-refractivity contribution in [2.75, 3.05) is 24.5 Å². The standard InChI is InChI=1S/C18H19N5O/c1-22-12-21-15-10-14(11-20-17(15)22)18(24)19-7-9-23-8-6-13-4-2-3-5-16(13)23/h2-5,10-12H,6-9H2,1H3,(H,19,24). The third-order valence-electron chi connectivity index (χ3n) is 4.46. The first-order valence-corrected chi connectivity index (χ1v) is 8.10. The SMILES string of the molecule is Cn1cnc2cc(C(=O)NCCN3CCc4ccccc43)cnc21. The molecule has 0 atom stereocenters. The van der Waals surface area contributed by atoms with Gasteiger partial charge in [-0.3, -0.25) is 4.79 Å². The van der Waals surface area contributed by atoms with Crippen LogP contribution in [0.25, 0.3) is 11.2 Å². The van der Waals surface area contributed by atoms with Crippen molar-refractivity contribution in [3.8, 4) is 0 Å². The minimum Gasteiger partial charge on any atom is -0.369 e. The quantitative estimate of drug-likeness (QED) is 0.795. The van der Waals surface area contributed by atoms with Crippen LogP contribution in [0.3, 0.4) is 0 Å². The Morgan fingerprint density at radius 1 is 1.29 bits per heavy atom. The van der Waals surface area contributed by atoms with E-state index in [4.69, 9.17) is 0 Å². The number of imidazole rings is 1. The number of para-hydroxylation sites is 1. The predicted molar refractivity (Wildman–Crippen MR) is 93.2 cm³/mol. The molecule has 0 saturated heterocycles. The highest BCUT2D eigenvalue weighted by Gasteiger charge is 2.18. The van der Waals surface area contributed by atoms with Crippen LogP contribution in [0.1, 0.15) is 15.9 Å². The summed E-state index contributed by atoms with van der Waals surface area (Å²) in [5, 5.41) is 2.97. The zero-order chi connectivity index (χ0) is 16.5. The predicted octanol–water partition coefficient (Wildman–Crippen LogP) is 1.76. The lowest BCUT2D eigenvalue weighted by molar-refractivity contribution is 0.0954. The summed E-state index contributed by atoms with van der Waals surface area (Å²) in [6, 6.07) is 10.2. The molecule has 3 aromatic rings. The second kappa shape index (κ2) is 5.96. The molecule has 1 N–H and O–H groups in total. The molecule has 4 rings (SSSR count). The normalized spacial score (nSPS) is 13.3. The van der Waals surface area contributed by atoms with Crippen LogP contribution in [0.5, 0.6) is 0 Å². The van der Waals surface area contributed by atoms with Crippen LogP contribution in [-0.2, 0) is 13.5 Å². The Morgan fingerprint density at radius 3 is 3.08 bits per heavy atom. The average molecular weight is 321 g/mol. The van der Waals surface area contributed by atoms with E-state index in [2.05, 4.69) is 44.5 Å². The van der Waals surface area contributed by atoms with Crippen LogP contribution in [0, 0.1) is 0 Å². The maximum Gasteiger partial charge on any atom is 0.252 e. The van der Waals surface area contributed by atoms with E-state index in [0.29, 0.717) is 12.1 Å². The van der Waals surface area contributed by atoms with Crippen molar-refractivity contribution in [3.05, 3.63) is 54.0 Å². The van der Waals surface area contributed by atoms with Crippen LogP contribution in [0.15, 0.2) is 42.9 Å². The Morgan fingerprint density at radius 2 is 2.17 bits per heavy atom. The first kappa shape index (κ1) is 14.7. The molecule has 0 saturated carbocycles. The Balaban J connectivity index is 1.38. The minimum absolute atomic E-state index is 0.109. The number of fused-ring (bicyclic) bond motifs is 2. The molecule has 3 heterocycles. The molecule has 2 aromatic heterocycles. The van der Waals surface area contributed by atoms with Gasteiger partial charge in [-0.25, -0.2) is 9.97 Å². The molecular weight excluding hydrogens is 302 g/mol. The number of nitrogens with one attached hydrogen (secondary N) is 1. The van der Waals surface area contributed by atoms with Gasteiger partial charge in [0, 0.05) is 38.6 Å². The van der Waals surface area contributed by atoms with Crippen molar-refractivity contribution >= 4 is 22.8 Å². The number of carbonyl (C=O) groups excluding carboxylic acids is 1. The van der Waals surface area contributed by atoms with Gasteiger partial charge in [-0.15, -0.1) is 0 Å². The molecule has 0 spiro atoms. The summed E-state index contributed by atoms with van der Waals surface area (Å²) < 4.78 is 1.84. The van der Waals surface area contributed by atoms with Crippen molar-refractivity contribution in [2.45, 2.75) is 6.42 Å². The largest absolute Gasteiger partial charge is 0.369 e. The Hall–Kier alpha value is -2.89. The lowest BCUT2D eigenvalue weighted by Crippen LogP contribution is -2.34. The molecule has 1 amide bonds. The third-order valence-corrected chi connectivity index (χ3v) is 4.46. The van der Waals surface area contributed by atoms with E-state index in [-0.39, 0.29) is 5.91 Å². The van der Waals surface area contributed by atoms with Gasteiger partial charge in [0.2, 0.25) is 0 Å². The highest BCUT2D eigenvalue weighted by Crippen LogP contribution is 2.26. The van der Waals surface area contributed by atoms with Gasteiger partial charge in [0.15, 0.2) is 5.65 Å². The molecule has 1 aromatic carbocycles. The summed E-state index contributed by atoms with van der Waals surface area (Å²) in [4.78, 5) is 23.2. The maximum atomic E-state index is 12.3. The van der Waals surface area contributed by atoms with Crippen molar-refractivity contribution in [1.82, 2.24) is 19.9 Å². The number of anilines is 1. The number of aromatic nitrogens is 3. The highest BCUT2D eigenvalue weighted by atomic mass is 16.1. The molecule has 24 heavy (non-hydrogen) atoms. The lowest BCUT2D eigenvalue weighted by atomic mass is 10.2. The highest BCUT2D eigenvalue weighted by molar-refractivity contribution is 5.96. The van der Waals surface area contributed by atoms with Crippen LogP contribution in [0.4, 0.5) is 5.69 Å². The fourth-order valence-electron chi connectivity index (χ4n) is 3.19. The second-order valence-electron chi connectivity index (χ2n) is 6.04. The molecule has 6 heteroatoms. The number of rotatable bonds is 4. The zero-order valence-electron chi connectivity index (χ0n) is 13.6. The summed E-state index contributed by atoms with van der Waals surface area (Å²) in [7, 11) is 1.88. The molecule has 0 unspecified atom stereocenters. The van der Waals surface area contributed by atoms with E-state index in [1.54, 1.807) is 18.6 Å². The van der Waals surface area contributed by atoms with Crippen molar-refractivity contribution in [2.24, 2.45) is 7.05 Å². The van der Waals surface area contributed by atoms with Gasteiger partial charge in [0.05, 0.1) is 11.9 Å². The van der Waals surface area contributed by atoms with Crippen molar-refractivity contribution in [1.29, 1.82) is 0 Å². The van der Waals surface area contributed by atoms with Gasteiger partial charge < -0.3 is 14.8 Å². The van der Waals surface area contributed by atoms with Crippen LogP contribution in [0.2, 0.25) is 0 Å². The monoisotopic (exact) mass is 321 g/mol. The molecular formula is C18H19N5O. The molecule has 6 nitrogen and oxygen atoms in total. The zero-order valence-corrected chi connectivity index (χ0v) is 13.6. The molecule has 122 valence electrons. The Kier molecular flexibility index (Phi) is 3.65. The van der Waals surface area contributed by atoms with Gasteiger partial charge in [0.25, 0.3) is 5.91 Å². The Labute approximate surface area is 140 Å². The number of amides is 1. The number of benzene rings is 1. The Bertz CT molecular complexity index is 901. The first-order valence-electron chi connectivity index (χ1n) is 8.10. The van der Waals surface area contributed by atoms with E-state index < -0.39 is 0 Å². The molecule has 0 fully saturated rings. The van der Waals surface area contributed by atoms with Crippen LogP contribution >= 0.6 is 0 Å². The van der Waals surface area contributed by atoms with E-state index in [1.165, 1.54) is 11.3 Å². The second-order valence-corrected chi connectivity index (χ2v) is 6.04. The minimum atomic E-state index is -0.109. The topological polar surface area (TPSA) is 63.1 Å². The molecule has 0 bridgehead atoms. The van der Waals surface area contributed by atoms with Crippen LogP contribution < -0.4 is 10.2 Å². The maximum absolute atomic E-state index is 12.3. The van der Waals surface area contributed by atoms with Gasteiger partial charge in [0.1, 0.15) is 5.52 Å². The number of aryl methyl sites for hydroxylation is 1. The van der Waals surface area contributed by atoms with Crippen molar-refractivity contribution in [3.63, 3.8) is 0 Å². The summed E-state index contributed by atoms with van der Waals surface area (Å²) in [5.74, 6) is -0.109. The van der Waals surface area contributed by atoms with Gasteiger partial charge in [-0.1, -0.05) is 18.2 Å². The summed E-state index contributed by atoms with van der Waals surface area (Å²) in [5.41, 5.74) is 4.72. The number of carbonyl (C=O) groups is 1. The van der Waals surface area contributed by atoms with E-state index >= 15 is 0 Å². The summed E-state index contributed by atoms with van der Waals surface area (Å²) in [6.07, 6.45) is 4.37. The van der Waals surface area contributed by atoms with E-state index in [1.807, 2.05) is 11.6 Å². The van der Waals surface area contributed by atoms with E-state index in [9.17, 15) is 4.79 Å².